The van der Waals surface area contributed by atoms with Gasteiger partial charge in [-0.1, -0.05) is 0 Å². The lowest BCUT2D eigenvalue weighted by Crippen LogP contribution is -2.34. The summed E-state index contributed by atoms with van der Waals surface area (Å²) < 4.78 is 0. The van der Waals surface area contributed by atoms with Crippen LogP contribution in [-0.2, 0) is 4.79 Å². The van der Waals surface area contributed by atoms with E-state index < -0.39 is 5.37 Å². The molecule has 8 heavy (non-hydrogen) atoms. The summed E-state index contributed by atoms with van der Waals surface area (Å²) in [6, 6.07) is 0. The first-order chi connectivity index (χ1) is 3.68. The second kappa shape index (κ2) is 3.26. The minimum atomic E-state index is -0.725. The van der Waals surface area contributed by atoms with Crippen LogP contribution < -0.4 is 5.43 Å². The number of nitrogens with one attached hydrogen (secondary N) is 1. The van der Waals surface area contributed by atoms with Crippen molar-refractivity contribution in [3.63, 3.8) is 0 Å². The zero-order valence-corrected chi connectivity index (χ0v) is 4.97. The van der Waals surface area contributed by atoms with Crippen LogP contribution in [0.4, 0.5) is 4.79 Å². The molecule has 0 saturated heterocycles. The van der Waals surface area contributed by atoms with Crippen molar-refractivity contribution in [1.82, 2.24) is 10.4 Å². The third kappa shape index (κ3) is 2.41. The van der Waals surface area contributed by atoms with Crippen LogP contribution in [0.3, 0.4) is 0 Å². The molecule has 0 spiro atoms. The van der Waals surface area contributed by atoms with E-state index in [-0.39, 0.29) is 0 Å². The highest BCUT2D eigenvalue weighted by molar-refractivity contribution is 6.62. The number of amides is 2. The Kier molecular flexibility index (Phi) is 2.95. The summed E-state index contributed by atoms with van der Waals surface area (Å²) in [6.07, 6.45) is 0.361. The van der Waals surface area contributed by atoms with Crippen LogP contribution >= 0.6 is 11.6 Å². The second-order valence-electron chi connectivity index (χ2n) is 1.06. The largest absolute Gasteiger partial charge is 0.334 e. The highest BCUT2D eigenvalue weighted by atomic mass is 35.5. The van der Waals surface area contributed by atoms with Gasteiger partial charge in [0.2, 0.25) is 6.41 Å². The van der Waals surface area contributed by atoms with E-state index in [4.69, 9.17) is 11.6 Å². The minimum Gasteiger partial charge on any atom is -0.277 e. The van der Waals surface area contributed by atoms with Gasteiger partial charge in [-0.15, -0.1) is 0 Å². The number of nitrogens with zero attached hydrogens (tertiary/aromatic N) is 1. The number of hydrazine groups is 1. The van der Waals surface area contributed by atoms with Crippen molar-refractivity contribution in [2.24, 2.45) is 0 Å². The second-order valence-corrected chi connectivity index (χ2v) is 1.38. The van der Waals surface area contributed by atoms with Crippen LogP contribution in [0.2, 0.25) is 0 Å². The standard InChI is InChI=1S/C3H5ClN2O2/c1-6(3(4)8)5-2-7/h2H,1H3,(H,5,7). The molecule has 1 N–H and O–H groups in total. The smallest absolute Gasteiger partial charge is 0.277 e. The van der Waals surface area contributed by atoms with E-state index in [2.05, 4.69) is 0 Å². The van der Waals surface area contributed by atoms with Crippen LogP contribution in [-0.4, -0.2) is 23.8 Å². The molecule has 0 radical (unpaired) electrons. The molecule has 0 aliphatic heterocycles. The fourth-order valence-corrected chi connectivity index (χ4v) is 0.179. The molecule has 5 heteroatoms. The monoisotopic (exact) mass is 136 g/mol. The number of halogens is 1. The summed E-state index contributed by atoms with van der Waals surface area (Å²) in [5, 5.41) is 0.131. The van der Waals surface area contributed by atoms with E-state index in [1.807, 2.05) is 5.43 Å². The van der Waals surface area contributed by atoms with E-state index in [0.717, 1.165) is 5.01 Å². The van der Waals surface area contributed by atoms with E-state index in [0.29, 0.717) is 6.41 Å². The van der Waals surface area contributed by atoms with Crippen molar-refractivity contribution < 1.29 is 9.59 Å². The molecular weight excluding hydrogens is 131 g/mol. The lowest BCUT2D eigenvalue weighted by Gasteiger charge is -2.08. The Bertz CT molecular complexity index is 105. The fourth-order valence-electron chi connectivity index (χ4n) is 0.130. The van der Waals surface area contributed by atoms with Crippen LogP contribution in [0.5, 0.6) is 0 Å². The highest BCUT2D eigenvalue weighted by Gasteiger charge is 1.98. The first-order valence-electron chi connectivity index (χ1n) is 1.81. The molecule has 0 aliphatic rings. The number of rotatable bonds is 2. The summed E-state index contributed by atoms with van der Waals surface area (Å²) in [5.41, 5.74) is 2.02. The first-order valence-corrected chi connectivity index (χ1v) is 2.19. The Morgan fingerprint density at radius 1 is 1.88 bits per heavy atom. The number of carbonyl (C=O) groups is 2. The zero-order chi connectivity index (χ0) is 6.57. The van der Waals surface area contributed by atoms with Crippen LogP contribution in [0.15, 0.2) is 0 Å². The SMILES string of the molecule is CN(NC=O)C(=O)Cl. The summed E-state index contributed by atoms with van der Waals surface area (Å²) in [5.74, 6) is 0. The molecule has 46 valence electrons. The van der Waals surface area contributed by atoms with Gasteiger partial charge < -0.3 is 0 Å². The predicted octanol–water partition coefficient (Wildman–Crippen LogP) is -0.0620. The molecule has 0 bridgehead atoms. The quantitative estimate of drug-likeness (QED) is 0.250. The predicted molar refractivity (Wildman–Crippen MR) is 28.2 cm³/mol. The molecular formula is C3H5ClN2O2. The third-order valence-corrected chi connectivity index (χ3v) is 0.764. The third-order valence-electron chi connectivity index (χ3n) is 0.510. The Balaban J connectivity index is 3.46. The van der Waals surface area contributed by atoms with E-state index in [1.165, 1.54) is 7.05 Å². The fraction of sp³-hybridized carbons (Fsp3) is 0.333. The van der Waals surface area contributed by atoms with Crippen molar-refractivity contribution >= 4 is 23.4 Å². The van der Waals surface area contributed by atoms with Gasteiger partial charge in [-0.05, 0) is 11.6 Å². The van der Waals surface area contributed by atoms with Crippen molar-refractivity contribution in [2.45, 2.75) is 0 Å². The Morgan fingerprint density at radius 2 is 2.38 bits per heavy atom. The maximum absolute atomic E-state index is 10.0. The lowest BCUT2D eigenvalue weighted by atomic mass is 11.1. The Hall–Kier alpha value is -0.770. The maximum Gasteiger partial charge on any atom is 0.334 e. The average molecular weight is 137 g/mol. The van der Waals surface area contributed by atoms with Gasteiger partial charge in [-0.3, -0.25) is 15.0 Å². The first kappa shape index (κ1) is 7.23. The van der Waals surface area contributed by atoms with Gasteiger partial charge in [0.1, 0.15) is 0 Å². The van der Waals surface area contributed by atoms with Gasteiger partial charge in [0.25, 0.3) is 0 Å². The van der Waals surface area contributed by atoms with Gasteiger partial charge in [0.05, 0.1) is 0 Å². The molecule has 4 nitrogen and oxygen atoms in total. The van der Waals surface area contributed by atoms with Crippen molar-refractivity contribution in [2.75, 3.05) is 7.05 Å². The molecule has 2 amide bonds. The van der Waals surface area contributed by atoms with E-state index >= 15 is 0 Å². The number of hydrogen-bond acceptors (Lipinski definition) is 2. The van der Waals surface area contributed by atoms with Gasteiger partial charge in [0, 0.05) is 7.05 Å². The number of hydrogen-bond donors (Lipinski definition) is 1. The summed E-state index contributed by atoms with van der Waals surface area (Å²) in [6.45, 7) is 0. The average Bonchev–Trinajstić information content (AvgIpc) is 1.67. The molecule has 0 fully saturated rings. The molecule has 0 aliphatic carbocycles. The van der Waals surface area contributed by atoms with Crippen LogP contribution in [0.25, 0.3) is 0 Å². The molecule has 0 atom stereocenters. The van der Waals surface area contributed by atoms with Crippen LogP contribution in [0, 0.1) is 0 Å². The highest BCUT2D eigenvalue weighted by Crippen LogP contribution is 1.83. The lowest BCUT2D eigenvalue weighted by molar-refractivity contribution is -0.112. The van der Waals surface area contributed by atoms with Crippen molar-refractivity contribution in [3.05, 3.63) is 0 Å². The van der Waals surface area contributed by atoms with Crippen molar-refractivity contribution in [3.8, 4) is 0 Å². The molecule has 0 heterocycles. The number of carbonyl (C=O) groups excluding carboxylic acids is 2. The Labute approximate surface area is 51.4 Å². The normalized spacial score (nSPS) is 7.75. The van der Waals surface area contributed by atoms with Crippen LogP contribution in [0.1, 0.15) is 0 Å². The minimum absolute atomic E-state index is 0.361. The van der Waals surface area contributed by atoms with E-state index in [1.54, 1.807) is 0 Å². The molecule has 0 aromatic carbocycles. The molecule has 0 aromatic rings. The van der Waals surface area contributed by atoms with E-state index in [9.17, 15) is 9.59 Å². The summed E-state index contributed by atoms with van der Waals surface area (Å²) in [4.78, 5) is 19.6. The van der Waals surface area contributed by atoms with Gasteiger partial charge in [-0.25, -0.2) is 5.01 Å². The molecule has 0 saturated carbocycles. The Morgan fingerprint density at radius 3 is 2.50 bits per heavy atom. The maximum atomic E-state index is 10.0. The van der Waals surface area contributed by atoms with Gasteiger partial charge >= 0.3 is 5.37 Å². The molecule has 0 aromatic heterocycles. The van der Waals surface area contributed by atoms with Crippen molar-refractivity contribution in [1.29, 1.82) is 0 Å². The molecule has 0 unspecified atom stereocenters. The summed E-state index contributed by atoms with van der Waals surface area (Å²) in [7, 11) is 1.34. The molecule has 0 rings (SSSR count). The summed E-state index contributed by atoms with van der Waals surface area (Å²) >= 11 is 4.87. The topological polar surface area (TPSA) is 49.4 Å². The van der Waals surface area contributed by atoms with Gasteiger partial charge in [0.15, 0.2) is 0 Å². The zero-order valence-electron chi connectivity index (χ0n) is 4.22. The van der Waals surface area contributed by atoms with Gasteiger partial charge in [-0.2, -0.15) is 0 Å².